The summed E-state index contributed by atoms with van der Waals surface area (Å²) in [6.07, 6.45) is 0. The summed E-state index contributed by atoms with van der Waals surface area (Å²) in [6, 6.07) is 15.7. The number of benzene rings is 2. The second-order valence-electron chi connectivity index (χ2n) is 8.44. The maximum Gasteiger partial charge on any atom is 0.178 e. The summed E-state index contributed by atoms with van der Waals surface area (Å²) in [6.45, 7) is 6.26. The topological polar surface area (TPSA) is 65.4 Å². The molecule has 0 bridgehead atoms. The van der Waals surface area contributed by atoms with Crippen molar-refractivity contribution in [3.8, 4) is 17.2 Å². The Bertz CT molecular complexity index is 1100. The second-order valence-corrected chi connectivity index (χ2v) is 9.54. The fraction of sp³-hybridized carbons (Fsp3) is 0.333. The highest BCUT2D eigenvalue weighted by atomic mass is 32.2. The van der Waals surface area contributed by atoms with Gasteiger partial charge in [-0.2, -0.15) is 5.10 Å². The van der Waals surface area contributed by atoms with E-state index in [0.717, 1.165) is 22.8 Å². The minimum Gasteiger partial charge on any atom is -0.493 e. The summed E-state index contributed by atoms with van der Waals surface area (Å²) in [5.74, 6) is 2.51. The fourth-order valence-electron chi connectivity index (χ4n) is 3.69. The summed E-state index contributed by atoms with van der Waals surface area (Å²) in [5.41, 5.74) is 3.12. The van der Waals surface area contributed by atoms with Gasteiger partial charge >= 0.3 is 0 Å². The zero-order valence-electron chi connectivity index (χ0n) is 18.4. The first kappa shape index (κ1) is 21.3. The Morgan fingerprint density at radius 1 is 1.06 bits per heavy atom. The smallest absolute Gasteiger partial charge is 0.178 e. The number of methoxy groups -OCH3 is 2. The number of fused-ring (bicyclic) bond motifs is 1. The van der Waals surface area contributed by atoms with Crippen LogP contribution in [-0.2, 0) is 5.41 Å². The van der Waals surface area contributed by atoms with Crippen molar-refractivity contribution in [2.75, 3.05) is 25.3 Å². The number of rotatable bonds is 4. The lowest BCUT2D eigenvalue weighted by molar-refractivity contribution is 0.102. The van der Waals surface area contributed by atoms with Gasteiger partial charge in [-0.1, -0.05) is 45.0 Å². The van der Waals surface area contributed by atoms with E-state index in [4.69, 9.17) is 14.6 Å². The van der Waals surface area contributed by atoms with E-state index < -0.39 is 0 Å². The number of hydrogen-bond donors (Lipinski definition) is 1. The molecule has 1 aliphatic rings. The summed E-state index contributed by atoms with van der Waals surface area (Å²) < 4.78 is 12.7. The Morgan fingerprint density at radius 3 is 2.42 bits per heavy atom. The molecule has 1 atom stereocenters. The van der Waals surface area contributed by atoms with Gasteiger partial charge in [0.2, 0.25) is 0 Å². The van der Waals surface area contributed by atoms with E-state index in [1.54, 1.807) is 26.0 Å². The van der Waals surface area contributed by atoms with Gasteiger partial charge in [0.05, 0.1) is 42.3 Å². The van der Waals surface area contributed by atoms with Gasteiger partial charge in [0.25, 0.3) is 0 Å². The van der Waals surface area contributed by atoms with Crippen molar-refractivity contribution in [1.82, 2.24) is 9.78 Å². The molecule has 2 aromatic carbocycles. The molecule has 0 fully saturated rings. The molecule has 2 heterocycles. The van der Waals surface area contributed by atoms with E-state index in [-0.39, 0.29) is 16.6 Å². The minimum atomic E-state index is -0.269. The molecule has 6 nitrogen and oxygen atoms in total. The predicted molar refractivity (Wildman–Crippen MR) is 125 cm³/mol. The molecule has 1 aromatic heterocycles. The highest BCUT2D eigenvalue weighted by Gasteiger charge is 2.35. The van der Waals surface area contributed by atoms with Gasteiger partial charge in [0.1, 0.15) is 5.82 Å². The molecule has 0 saturated carbocycles. The minimum absolute atomic E-state index is 0.0857. The molecule has 1 aliphatic heterocycles. The third kappa shape index (κ3) is 4.02. The second kappa shape index (κ2) is 8.30. The number of aromatic nitrogens is 2. The van der Waals surface area contributed by atoms with Crippen LogP contribution in [0.5, 0.6) is 11.5 Å². The number of nitrogens with one attached hydrogen (secondary N) is 1. The summed E-state index contributed by atoms with van der Waals surface area (Å²) >= 11 is 1.56. The van der Waals surface area contributed by atoms with Crippen LogP contribution in [-0.4, -0.2) is 35.5 Å². The molecule has 0 amide bonds. The Labute approximate surface area is 186 Å². The van der Waals surface area contributed by atoms with Crippen LogP contribution in [0.25, 0.3) is 5.69 Å². The Hall–Kier alpha value is -2.93. The van der Waals surface area contributed by atoms with Crippen LogP contribution < -0.4 is 14.8 Å². The normalized spacial score (nSPS) is 16.3. The third-order valence-corrected chi connectivity index (χ3v) is 6.39. The van der Waals surface area contributed by atoms with Gasteiger partial charge in [-0.15, -0.1) is 11.8 Å². The van der Waals surface area contributed by atoms with Crippen molar-refractivity contribution < 1.29 is 14.3 Å². The molecule has 0 saturated heterocycles. The highest BCUT2D eigenvalue weighted by Crippen LogP contribution is 2.42. The number of ketones is 1. The predicted octanol–water partition coefficient (Wildman–Crippen LogP) is 5.23. The van der Waals surface area contributed by atoms with E-state index in [1.807, 2.05) is 53.2 Å². The van der Waals surface area contributed by atoms with Crippen molar-refractivity contribution >= 4 is 23.4 Å². The number of nitrogens with zero attached hydrogens (tertiary/aromatic N) is 2. The molecule has 0 spiro atoms. The average molecular weight is 438 g/mol. The van der Waals surface area contributed by atoms with Gasteiger partial charge < -0.3 is 14.8 Å². The number of carbonyl (C=O) groups is 1. The molecule has 3 aromatic rings. The number of ether oxygens (including phenoxy) is 2. The Kier molecular flexibility index (Phi) is 5.71. The van der Waals surface area contributed by atoms with E-state index in [0.29, 0.717) is 22.8 Å². The molecular formula is C24H27N3O3S. The van der Waals surface area contributed by atoms with Crippen LogP contribution in [0.1, 0.15) is 47.8 Å². The molecule has 31 heavy (non-hydrogen) atoms. The number of carbonyl (C=O) groups excluding carboxylic acids is 1. The van der Waals surface area contributed by atoms with Crippen LogP contribution in [0.15, 0.2) is 48.5 Å². The third-order valence-electron chi connectivity index (χ3n) is 5.23. The maximum absolute atomic E-state index is 13.3. The fourth-order valence-corrected chi connectivity index (χ4v) is 4.69. The lowest BCUT2D eigenvalue weighted by Gasteiger charge is -2.20. The largest absolute Gasteiger partial charge is 0.493 e. The molecule has 1 unspecified atom stereocenters. The van der Waals surface area contributed by atoms with Crippen LogP contribution in [0, 0.1) is 0 Å². The zero-order chi connectivity index (χ0) is 22.2. The molecule has 162 valence electrons. The van der Waals surface area contributed by atoms with Crippen LogP contribution in [0.2, 0.25) is 0 Å². The number of thioether (sulfide) groups is 1. The van der Waals surface area contributed by atoms with Crippen molar-refractivity contribution in [1.29, 1.82) is 0 Å². The number of hydrogen-bond acceptors (Lipinski definition) is 6. The number of para-hydroxylation sites is 1. The molecule has 7 heteroatoms. The molecule has 0 aliphatic carbocycles. The SMILES string of the molecule is COc1ccc(C2Nc3c(c(C(C)(C)C)nn3-c3ccccc3)C(=O)CS2)cc1OC. The summed E-state index contributed by atoms with van der Waals surface area (Å²) in [5, 5.41) is 8.35. The van der Waals surface area contributed by atoms with E-state index in [1.165, 1.54) is 0 Å². The van der Waals surface area contributed by atoms with Crippen molar-refractivity contribution in [3.05, 3.63) is 65.4 Å². The van der Waals surface area contributed by atoms with Crippen LogP contribution in [0.4, 0.5) is 5.82 Å². The van der Waals surface area contributed by atoms with E-state index in [9.17, 15) is 4.79 Å². The van der Waals surface area contributed by atoms with Crippen molar-refractivity contribution in [2.24, 2.45) is 0 Å². The van der Waals surface area contributed by atoms with Gasteiger partial charge in [-0.3, -0.25) is 4.79 Å². The van der Waals surface area contributed by atoms with Gasteiger partial charge in [-0.05, 0) is 29.8 Å². The number of anilines is 1. The summed E-state index contributed by atoms with van der Waals surface area (Å²) in [7, 11) is 3.24. The molecule has 4 rings (SSSR count). The van der Waals surface area contributed by atoms with Gasteiger partial charge in [-0.25, -0.2) is 4.68 Å². The van der Waals surface area contributed by atoms with Crippen LogP contribution in [0.3, 0.4) is 0 Å². The quantitative estimate of drug-likeness (QED) is 0.603. The molecule has 1 N–H and O–H groups in total. The maximum atomic E-state index is 13.3. The van der Waals surface area contributed by atoms with Gasteiger partial charge in [0, 0.05) is 5.41 Å². The van der Waals surface area contributed by atoms with Crippen LogP contribution >= 0.6 is 11.8 Å². The first-order valence-electron chi connectivity index (χ1n) is 10.2. The molecular weight excluding hydrogens is 410 g/mol. The number of Topliss-reactive ketones (excluding diaryl/α,β-unsaturated/α-hetero) is 1. The lowest BCUT2D eigenvalue weighted by atomic mass is 9.88. The zero-order valence-corrected chi connectivity index (χ0v) is 19.2. The van der Waals surface area contributed by atoms with Gasteiger partial charge in [0.15, 0.2) is 17.3 Å². The monoisotopic (exact) mass is 437 g/mol. The van der Waals surface area contributed by atoms with Crippen molar-refractivity contribution in [2.45, 2.75) is 31.6 Å². The average Bonchev–Trinajstić information content (AvgIpc) is 3.08. The standard InChI is InChI=1S/C24H27N3O3S/c1-24(2,3)21-20-17(28)14-31-23(15-11-12-18(29-4)19(13-15)30-5)25-22(20)27(26-21)16-9-7-6-8-10-16/h6-13,23,25H,14H2,1-5H3. The summed E-state index contributed by atoms with van der Waals surface area (Å²) in [4.78, 5) is 13.3. The molecule has 0 radical (unpaired) electrons. The van der Waals surface area contributed by atoms with E-state index >= 15 is 0 Å². The first-order chi connectivity index (χ1) is 14.8. The van der Waals surface area contributed by atoms with Crippen molar-refractivity contribution in [3.63, 3.8) is 0 Å². The Balaban J connectivity index is 1.85. The lowest BCUT2D eigenvalue weighted by Crippen LogP contribution is -2.17. The van der Waals surface area contributed by atoms with E-state index in [2.05, 4.69) is 26.1 Å². The Morgan fingerprint density at radius 2 is 1.77 bits per heavy atom. The first-order valence-corrected chi connectivity index (χ1v) is 11.2. The highest BCUT2D eigenvalue weighted by molar-refractivity contribution is 8.00.